The molecule has 14 heteroatoms. The fourth-order valence-electron chi connectivity index (χ4n) is 6.51. The third-order valence-corrected chi connectivity index (χ3v) is 9.42. The highest BCUT2D eigenvalue weighted by atomic mass is 16.5. The van der Waals surface area contributed by atoms with Crippen LogP contribution < -0.4 is 21.6 Å². The summed E-state index contributed by atoms with van der Waals surface area (Å²) in [5, 5.41) is 29.8. The molecule has 0 unspecified atom stereocenters. The number of phenolic OH excluding ortho intramolecular Hbond substituents is 1. The number of H-pyrrole nitrogens is 2. The Kier molecular flexibility index (Phi) is 10.9. The predicted octanol–water partition coefficient (Wildman–Crippen LogP) is 3.75. The number of aromatic nitrogens is 2. The van der Waals surface area contributed by atoms with E-state index in [2.05, 4.69) is 25.9 Å². The van der Waals surface area contributed by atoms with E-state index in [1.165, 1.54) is 24.3 Å². The molecule has 7 rings (SSSR count). The van der Waals surface area contributed by atoms with E-state index >= 15 is 0 Å². The number of hydrogen-bond acceptors (Lipinski definition) is 9. The molecule has 0 saturated carbocycles. The summed E-state index contributed by atoms with van der Waals surface area (Å²) in [5.41, 5.74) is 2.32. The maximum absolute atomic E-state index is 14.4. The molecule has 0 fully saturated rings. The second kappa shape index (κ2) is 16.4. The molecule has 4 aromatic carbocycles. The van der Waals surface area contributed by atoms with Crippen molar-refractivity contribution in [3.05, 3.63) is 148 Å². The van der Waals surface area contributed by atoms with Gasteiger partial charge in [-0.2, -0.15) is 0 Å². The van der Waals surface area contributed by atoms with Gasteiger partial charge in [0.15, 0.2) is 6.04 Å². The molecule has 0 aliphatic carbocycles. The van der Waals surface area contributed by atoms with Gasteiger partial charge in [-0.3, -0.25) is 14.4 Å². The van der Waals surface area contributed by atoms with Crippen molar-refractivity contribution in [2.75, 3.05) is 6.61 Å². The third kappa shape index (κ3) is 8.30. The first-order chi connectivity index (χ1) is 27.2. The normalized spacial score (nSPS) is 12.9. The van der Waals surface area contributed by atoms with Crippen LogP contribution in [0.2, 0.25) is 0 Å². The largest absolute Gasteiger partial charge is 0.508 e. The zero-order valence-electron chi connectivity index (χ0n) is 29.8. The molecule has 3 amide bonds. The van der Waals surface area contributed by atoms with E-state index in [-0.39, 0.29) is 36.3 Å². The first-order valence-corrected chi connectivity index (χ1v) is 17.8. The van der Waals surface area contributed by atoms with Crippen molar-refractivity contribution in [3.63, 3.8) is 0 Å². The number of aromatic hydroxyl groups is 1. The zero-order chi connectivity index (χ0) is 39.2. The number of fused-ring (bicyclic) bond motifs is 3. The van der Waals surface area contributed by atoms with Crippen LogP contribution in [0.15, 0.2) is 125 Å². The zero-order valence-corrected chi connectivity index (χ0v) is 29.8. The van der Waals surface area contributed by atoms with Gasteiger partial charge in [0, 0.05) is 58.5 Å². The van der Waals surface area contributed by atoms with Crippen LogP contribution in [-0.4, -0.2) is 68.6 Å². The fourth-order valence-corrected chi connectivity index (χ4v) is 6.51. The van der Waals surface area contributed by atoms with Gasteiger partial charge >= 0.3 is 11.6 Å². The Labute approximate surface area is 318 Å². The van der Waals surface area contributed by atoms with Crippen molar-refractivity contribution >= 4 is 56.5 Å². The SMILES string of the molecule is O=C(N[C@@H](Cc1c[nH]c2ccccc12)C(=O)N[C@@H](Cc1c[nH]c2ccccc12)C(=O)N[C@@H](CO)C(=O)OCc1ccccc1)c1cc2ccc(O)cc2oc1=O. The summed E-state index contributed by atoms with van der Waals surface area (Å²) in [5.74, 6) is -3.49. The van der Waals surface area contributed by atoms with Crippen LogP contribution in [0.5, 0.6) is 5.75 Å². The van der Waals surface area contributed by atoms with Crippen LogP contribution in [-0.2, 0) is 38.6 Å². The smallest absolute Gasteiger partial charge is 0.349 e. The standard InChI is InChI=1S/C42H37N5O9/c48-22-36(42(54)55-23-24-8-2-1-3-9-24)47-40(52)35(18-27-21-44-33-13-7-5-11-30(27)33)46-39(51)34(17-26-20-43-32-12-6-4-10-29(26)32)45-38(50)31-16-25-14-15-28(49)19-37(25)56-41(31)53/h1-16,19-21,34-36,43-44,48-49H,17-18,22-23H2,(H,45,50)(H,46,51)(H,47,52)/t34-,35-,36-/m0/s1. The van der Waals surface area contributed by atoms with E-state index in [1.807, 2.05) is 54.6 Å². The molecule has 14 nitrogen and oxygen atoms in total. The van der Waals surface area contributed by atoms with E-state index in [4.69, 9.17) is 9.15 Å². The van der Waals surface area contributed by atoms with Gasteiger partial charge in [0.1, 0.15) is 35.6 Å². The molecule has 0 saturated heterocycles. The number of hydrogen-bond donors (Lipinski definition) is 7. The number of aliphatic hydroxyl groups is 1. The Bertz CT molecular complexity index is 2610. The lowest BCUT2D eigenvalue weighted by atomic mass is 10.0. The minimum atomic E-state index is -1.45. The van der Waals surface area contributed by atoms with Gasteiger partial charge in [0.25, 0.3) is 5.91 Å². The molecule has 3 aromatic heterocycles. The first kappa shape index (κ1) is 37.1. The Balaban J connectivity index is 1.17. The molecule has 0 aliphatic heterocycles. The molecule has 0 spiro atoms. The van der Waals surface area contributed by atoms with E-state index in [9.17, 15) is 34.2 Å². The Morgan fingerprint density at radius 2 is 1.27 bits per heavy atom. The molecule has 7 N–H and O–H groups in total. The van der Waals surface area contributed by atoms with Crippen LogP contribution in [0.25, 0.3) is 32.8 Å². The number of carbonyl (C=O) groups is 4. The minimum absolute atomic E-state index is 0.0480. The van der Waals surface area contributed by atoms with Crippen molar-refractivity contribution in [2.24, 2.45) is 0 Å². The number of nitrogens with one attached hydrogen (secondary N) is 5. The summed E-state index contributed by atoms with van der Waals surface area (Å²) in [6, 6.07) is 25.0. The van der Waals surface area contributed by atoms with Crippen molar-refractivity contribution in [1.29, 1.82) is 0 Å². The number of benzene rings is 4. The summed E-state index contributed by atoms with van der Waals surface area (Å²) < 4.78 is 10.7. The molecule has 284 valence electrons. The van der Waals surface area contributed by atoms with Crippen molar-refractivity contribution in [2.45, 2.75) is 37.6 Å². The lowest BCUT2D eigenvalue weighted by Crippen LogP contribution is -2.57. The van der Waals surface area contributed by atoms with E-state index < -0.39 is 54.0 Å². The van der Waals surface area contributed by atoms with Crippen LogP contribution in [0.3, 0.4) is 0 Å². The maximum Gasteiger partial charge on any atom is 0.349 e. The topological polar surface area (TPSA) is 216 Å². The van der Waals surface area contributed by atoms with Gasteiger partial charge in [0.2, 0.25) is 11.8 Å². The molecule has 3 atom stereocenters. The number of para-hydroxylation sites is 2. The number of esters is 1. The molecule has 0 aliphatic rings. The number of aromatic amines is 2. The number of rotatable bonds is 14. The van der Waals surface area contributed by atoms with Crippen LogP contribution in [0.4, 0.5) is 0 Å². The first-order valence-electron chi connectivity index (χ1n) is 17.8. The van der Waals surface area contributed by atoms with Gasteiger partial charge < -0.3 is 45.3 Å². The monoisotopic (exact) mass is 755 g/mol. The van der Waals surface area contributed by atoms with Gasteiger partial charge in [-0.15, -0.1) is 0 Å². The Morgan fingerprint density at radius 1 is 0.696 bits per heavy atom. The van der Waals surface area contributed by atoms with E-state index in [0.717, 1.165) is 21.8 Å². The Morgan fingerprint density at radius 3 is 1.89 bits per heavy atom. The summed E-state index contributed by atoms with van der Waals surface area (Å²) in [6.07, 6.45) is 3.31. The van der Waals surface area contributed by atoms with E-state index in [0.29, 0.717) is 22.1 Å². The van der Waals surface area contributed by atoms with Crippen molar-refractivity contribution < 1.29 is 38.5 Å². The summed E-state index contributed by atoms with van der Waals surface area (Å²) >= 11 is 0. The second-order valence-electron chi connectivity index (χ2n) is 13.2. The predicted molar refractivity (Wildman–Crippen MR) is 207 cm³/mol. The molecule has 3 heterocycles. The van der Waals surface area contributed by atoms with E-state index in [1.54, 1.807) is 36.7 Å². The number of amides is 3. The Hall–Kier alpha value is -7.19. The lowest BCUT2D eigenvalue weighted by Gasteiger charge is -2.25. The highest BCUT2D eigenvalue weighted by Gasteiger charge is 2.32. The van der Waals surface area contributed by atoms with Gasteiger partial charge in [-0.1, -0.05) is 66.7 Å². The quantitative estimate of drug-likeness (QED) is 0.0635. The number of aliphatic hydroxyl groups excluding tert-OH is 1. The molecular formula is C42H37N5O9. The molecule has 0 radical (unpaired) electrons. The molecule has 0 bridgehead atoms. The third-order valence-electron chi connectivity index (χ3n) is 9.42. The maximum atomic E-state index is 14.4. The average Bonchev–Trinajstić information content (AvgIpc) is 3.82. The second-order valence-corrected chi connectivity index (χ2v) is 13.2. The van der Waals surface area contributed by atoms with Crippen molar-refractivity contribution in [3.8, 4) is 5.75 Å². The number of ether oxygens (including phenoxy) is 1. The lowest BCUT2D eigenvalue weighted by molar-refractivity contribution is -0.150. The van der Waals surface area contributed by atoms with Crippen LogP contribution in [0.1, 0.15) is 27.0 Å². The highest BCUT2D eigenvalue weighted by Crippen LogP contribution is 2.22. The van der Waals surface area contributed by atoms with Gasteiger partial charge in [-0.05, 0) is 47.0 Å². The van der Waals surface area contributed by atoms with Gasteiger partial charge in [0.05, 0.1) is 6.61 Å². The fraction of sp³-hybridized carbons (Fsp3) is 0.167. The summed E-state index contributed by atoms with van der Waals surface area (Å²) in [6.45, 7) is -0.866. The van der Waals surface area contributed by atoms with Crippen LogP contribution in [0, 0.1) is 0 Å². The molecule has 7 aromatic rings. The average molecular weight is 756 g/mol. The number of phenols is 1. The van der Waals surface area contributed by atoms with Gasteiger partial charge in [-0.25, -0.2) is 9.59 Å². The summed E-state index contributed by atoms with van der Waals surface area (Å²) in [4.78, 5) is 74.4. The van der Waals surface area contributed by atoms with Crippen molar-refractivity contribution in [1.82, 2.24) is 25.9 Å². The minimum Gasteiger partial charge on any atom is -0.508 e. The van der Waals surface area contributed by atoms with Crippen LogP contribution >= 0.6 is 0 Å². The molecular weight excluding hydrogens is 718 g/mol. The number of carbonyl (C=O) groups excluding carboxylic acids is 4. The summed E-state index contributed by atoms with van der Waals surface area (Å²) in [7, 11) is 0. The highest BCUT2D eigenvalue weighted by molar-refractivity contribution is 6.00. The molecule has 56 heavy (non-hydrogen) atoms.